The van der Waals surface area contributed by atoms with Crippen molar-refractivity contribution in [2.75, 3.05) is 0 Å². The SMILES string of the molecule is CCCn1nccc1C(N)c1c(F)cc(F)cc1F. The molecule has 2 N–H and O–H groups in total. The van der Waals surface area contributed by atoms with E-state index in [1.54, 1.807) is 10.7 Å². The number of nitrogens with zero attached hydrogens (tertiary/aromatic N) is 2. The summed E-state index contributed by atoms with van der Waals surface area (Å²) in [6, 6.07) is 1.83. The number of benzene rings is 1. The van der Waals surface area contributed by atoms with Crippen molar-refractivity contribution in [3.63, 3.8) is 0 Å². The Morgan fingerprint density at radius 3 is 2.47 bits per heavy atom. The molecule has 0 bridgehead atoms. The van der Waals surface area contributed by atoms with Crippen LogP contribution in [-0.2, 0) is 6.54 Å². The van der Waals surface area contributed by atoms with Gasteiger partial charge in [-0.25, -0.2) is 13.2 Å². The van der Waals surface area contributed by atoms with Crippen molar-refractivity contribution in [1.29, 1.82) is 0 Å². The summed E-state index contributed by atoms with van der Waals surface area (Å²) in [5, 5.41) is 4.05. The molecule has 102 valence electrons. The largest absolute Gasteiger partial charge is 0.319 e. The molecule has 3 nitrogen and oxygen atoms in total. The number of hydrogen-bond acceptors (Lipinski definition) is 2. The molecule has 1 heterocycles. The van der Waals surface area contributed by atoms with Crippen LogP contribution in [0.1, 0.15) is 30.6 Å². The molecule has 0 aliphatic rings. The summed E-state index contributed by atoms with van der Waals surface area (Å²) in [6.45, 7) is 2.55. The molecule has 0 amide bonds. The molecule has 0 saturated heterocycles. The highest BCUT2D eigenvalue weighted by Gasteiger charge is 2.22. The average Bonchev–Trinajstić information content (AvgIpc) is 2.76. The topological polar surface area (TPSA) is 43.8 Å². The van der Waals surface area contributed by atoms with E-state index in [4.69, 9.17) is 5.73 Å². The van der Waals surface area contributed by atoms with Gasteiger partial charge in [0.15, 0.2) is 0 Å². The summed E-state index contributed by atoms with van der Waals surface area (Å²) >= 11 is 0. The second-order valence-corrected chi connectivity index (χ2v) is 4.24. The van der Waals surface area contributed by atoms with Crippen LogP contribution in [0.5, 0.6) is 0 Å². The average molecular weight is 269 g/mol. The lowest BCUT2D eigenvalue weighted by atomic mass is 10.0. The highest BCUT2D eigenvalue weighted by Crippen LogP contribution is 2.25. The maximum absolute atomic E-state index is 13.7. The van der Waals surface area contributed by atoms with Gasteiger partial charge < -0.3 is 5.73 Å². The summed E-state index contributed by atoms with van der Waals surface area (Å²) in [6.07, 6.45) is 2.33. The Hall–Kier alpha value is -1.82. The van der Waals surface area contributed by atoms with E-state index in [9.17, 15) is 13.2 Å². The minimum Gasteiger partial charge on any atom is -0.319 e. The molecule has 1 unspecified atom stereocenters. The van der Waals surface area contributed by atoms with Gasteiger partial charge in [-0.15, -0.1) is 0 Å². The molecule has 1 aromatic carbocycles. The summed E-state index contributed by atoms with van der Waals surface area (Å²) in [5.74, 6) is -2.95. The molecule has 2 rings (SSSR count). The van der Waals surface area contributed by atoms with E-state index in [0.29, 0.717) is 24.4 Å². The molecule has 2 aromatic rings. The summed E-state index contributed by atoms with van der Waals surface area (Å²) in [4.78, 5) is 0. The molecule has 0 radical (unpaired) electrons. The molecule has 1 aromatic heterocycles. The zero-order chi connectivity index (χ0) is 14.0. The number of aromatic nitrogens is 2. The van der Waals surface area contributed by atoms with Crippen LogP contribution in [-0.4, -0.2) is 9.78 Å². The van der Waals surface area contributed by atoms with Crippen LogP contribution in [0.4, 0.5) is 13.2 Å². The van der Waals surface area contributed by atoms with Crippen LogP contribution in [0.3, 0.4) is 0 Å². The van der Waals surface area contributed by atoms with Crippen LogP contribution in [0.15, 0.2) is 24.4 Å². The van der Waals surface area contributed by atoms with Crippen molar-refractivity contribution in [3.05, 3.63) is 53.1 Å². The van der Waals surface area contributed by atoms with E-state index in [0.717, 1.165) is 6.42 Å². The molecule has 1 atom stereocenters. The van der Waals surface area contributed by atoms with Crippen molar-refractivity contribution in [3.8, 4) is 0 Å². The Balaban J connectivity index is 2.44. The molecule has 0 fully saturated rings. The van der Waals surface area contributed by atoms with E-state index in [2.05, 4.69) is 5.10 Å². The predicted molar refractivity (Wildman–Crippen MR) is 64.9 cm³/mol. The van der Waals surface area contributed by atoms with Gasteiger partial charge >= 0.3 is 0 Å². The second-order valence-electron chi connectivity index (χ2n) is 4.24. The van der Waals surface area contributed by atoms with Gasteiger partial charge in [-0.2, -0.15) is 5.10 Å². The smallest absolute Gasteiger partial charge is 0.134 e. The third-order valence-corrected chi connectivity index (χ3v) is 2.86. The van der Waals surface area contributed by atoms with E-state index in [1.807, 2.05) is 6.92 Å². The van der Waals surface area contributed by atoms with Gasteiger partial charge in [-0.3, -0.25) is 4.68 Å². The Kier molecular flexibility index (Phi) is 3.90. The lowest BCUT2D eigenvalue weighted by molar-refractivity contribution is 0.499. The summed E-state index contributed by atoms with van der Waals surface area (Å²) in [5.41, 5.74) is 6.02. The minimum absolute atomic E-state index is 0.348. The summed E-state index contributed by atoms with van der Waals surface area (Å²) < 4.78 is 41.8. The highest BCUT2D eigenvalue weighted by molar-refractivity contribution is 5.30. The summed E-state index contributed by atoms with van der Waals surface area (Å²) in [7, 11) is 0. The van der Waals surface area contributed by atoms with Crippen LogP contribution in [0, 0.1) is 17.5 Å². The highest BCUT2D eigenvalue weighted by atomic mass is 19.1. The lowest BCUT2D eigenvalue weighted by Crippen LogP contribution is -2.20. The third kappa shape index (κ3) is 2.63. The van der Waals surface area contributed by atoms with Crippen LogP contribution in [0.2, 0.25) is 0 Å². The first-order valence-corrected chi connectivity index (χ1v) is 5.96. The van der Waals surface area contributed by atoms with E-state index >= 15 is 0 Å². The number of nitrogens with two attached hydrogens (primary N) is 1. The number of hydrogen-bond donors (Lipinski definition) is 1. The third-order valence-electron chi connectivity index (χ3n) is 2.86. The van der Waals surface area contributed by atoms with Gasteiger partial charge in [0, 0.05) is 30.4 Å². The molecule has 19 heavy (non-hydrogen) atoms. The van der Waals surface area contributed by atoms with Crippen LogP contribution >= 0.6 is 0 Å². The lowest BCUT2D eigenvalue weighted by Gasteiger charge is -2.16. The van der Waals surface area contributed by atoms with E-state index in [1.165, 1.54) is 6.20 Å². The first-order chi connectivity index (χ1) is 9.04. The second kappa shape index (κ2) is 5.44. The van der Waals surface area contributed by atoms with Crippen molar-refractivity contribution in [2.45, 2.75) is 25.9 Å². The van der Waals surface area contributed by atoms with E-state index in [-0.39, 0.29) is 5.56 Å². The fraction of sp³-hybridized carbons (Fsp3) is 0.308. The first-order valence-electron chi connectivity index (χ1n) is 5.96. The van der Waals surface area contributed by atoms with E-state index < -0.39 is 23.5 Å². The number of halogens is 3. The Morgan fingerprint density at radius 2 is 1.89 bits per heavy atom. The maximum atomic E-state index is 13.7. The maximum Gasteiger partial charge on any atom is 0.134 e. The molecule has 0 aliphatic carbocycles. The molecular formula is C13H14F3N3. The quantitative estimate of drug-likeness (QED) is 0.927. The Labute approximate surface area is 108 Å². The van der Waals surface area contributed by atoms with Crippen LogP contribution in [0.25, 0.3) is 0 Å². The van der Waals surface area contributed by atoms with Crippen molar-refractivity contribution < 1.29 is 13.2 Å². The van der Waals surface area contributed by atoms with Crippen LogP contribution < -0.4 is 5.73 Å². The number of rotatable bonds is 4. The van der Waals surface area contributed by atoms with Gasteiger partial charge in [0.25, 0.3) is 0 Å². The molecule has 0 spiro atoms. The Bertz CT molecular complexity index is 557. The minimum atomic E-state index is -1.02. The zero-order valence-electron chi connectivity index (χ0n) is 10.4. The number of aryl methyl sites for hydroxylation is 1. The normalized spacial score (nSPS) is 12.7. The fourth-order valence-corrected chi connectivity index (χ4v) is 2.00. The zero-order valence-corrected chi connectivity index (χ0v) is 10.4. The molecule has 0 saturated carbocycles. The fourth-order valence-electron chi connectivity index (χ4n) is 2.00. The molecular weight excluding hydrogens is 255 g/mol. The van der Waals surface area contributed by atoms with Gasteiger partial charge in [-0.05, 0) is 12.5 Å². The van der Waals surface area contributed by atoms with Gasteiger partial charge in [-0.1, -0.05) is 6.92 Å². The van der Waals surface area contributed by atoms with Gasteiger partial charge in [0.05, 0.1) is 11.7 Å². The molecule has 0 aliphatic heterocycles. The van der Waals surface area contributed by atoms with Crippen molar-refractivity contribution in [2.24, 2.45) is 5.73 Å². The molecule has 6 heteroatoms. The standard InChI is InChI=1S/C13H14F3N3/c1-2-5-19-11(3-4-18-19)13(17)12-9(15)6-8(14)7-10(12)16/h3-4,6-7,13H,2,5,17H2,1H3. The van der Waals surface area contributed by atoms with Crippen molar-refractivity contribution in [1.82, 2.24) is 9.78 Å². The van der Waals surface area contributed by atoms with Gasteiger partial charge in [0.1, 0.15) is 17.5 Å². The monoisotopic (exact) mass is 269 g/mol. The first kappa shape index (κ1) is 13.6. The van der Waals surface area contributed by atoms with Gasteiger partial charge in [0.2, 0.25) is 0 Å². The Morgan fingerprint density at radius 1 is 1.26 bits per heavy atom. The van der Waals surface area contributed by atoms with Crippen molar-refractivity contribution >= 4 is 0 Å². The predicted octanol–water partition coefficient (Wildman–Crippen LogP) is 2.76.